The van der Waals surface area contributed by atoms with Crippen molar-refractivity contribution in [2.75, 3.05) is 12.3 Å². The fraction of sp³-hybridized carbons (Fsp3) is 0.143. The van der Waals surface area contributed by atoms with Gasteiger partial charge in [-0.2, -0.15) is 0 Å². The number of aliphatic hydroxyl groups is 1. The van der Waals surface area contributed by atoms with Crippen LogP contribution in [0.3, 0.4) is 0 Å². The molecule has 0 amide bonds. The van der Waals surface area contributed by atoms with E-state index in [1.807, 2.05) is 0 Å². The van der Waals surface area contributed by atoms with Crippen LogP contribution in [0.4, 0.5) is 5.69 Å². The summed E-state index contributed by atoms with van der Waals surface area (Å²) >= 11 is 5.72. The van der Waals surface area contributed by atoms with Gasteiger partial charge in [0.1, 0.15) is 0 Å². The zero-order chi connectivity index (χ0) is 15.5. The summed E-state index contributed by atoms with van der Waals surface area (Å²) in [6.07, 6.45) is -0.951. The number of nitrogens with one attached hydrogen (secondary N) is 1. The molecule has 21 heavy (non-hydrogen) atoms. The molecule has 0 aliphatic rings. The summed E-state index contributed by atoms with van der Waals surface area (Å²) in [6, 6.07) is 12.4. The monoisotopic (exact) mass is 326 g/mol. The third kappa shape index (κ3) is 4.18. The van der Waals surface area contributed by atoms with E-state index in [-0.39, 0.29) is 11.4 Å². The molecule has 1 atom stereocenters. The SMILES string of the molecule is Nc1ccc(C(O)CNS(=O)(=O)c2ccc(Cl)cc2)cc1. The van der Waals surface area contributed by atoms with Gasteiger partial charge in [0.15, 0.2) is 0 Å². The van der Waals surface area contributed by atoms with Crippen molar-refractivity contribution in [1.82, 2.24) is 4.72 Å². The normalized spacial score (nSPS) is 13.0. The third-order valence-electron chi connectivity index (χ3n) is 2.91. The van der Waals surface area contributed by atoms with Gasteiger partial charge in [-0.3, -0.25) is 0 Å². The maximum absolute atomic E-state index is 12.0. The van der Waals surface area contributed by atoms with Crippen molar-refractivity contribution in [3.05, 3.63) is 59.1 Å². The summed E-state index contributed by atoms with van der Waals surface area (Å²) in [4.78, 5) is 0.0939. The maximum Gasteiger partial charge on any atom is 0.240 e. The molecule has 7 heteroatoms. The summed E-state index contributed by atoms with van der Waals surface area (Å²) < 4.78 is 26.5. The Balaban J connectivity index is 2.04. The summed E-state index contributed by atoms with van der Waals surface area (Å²) in [7, 11) is -3.68. The number of nitrogen functional groups attached to an aromatic ring is 1. The Bertz CT molecular complexity index is 700. The van der Waals surface area contributed by atoms with E-state index in [1.165, 1.54) is 24.3 Å². The van der Waals surface area contributed by atoms with E-state index in [4.69, 9.17) is 17.3 Å². The quantitative estimate of drug-likeness (QED) is 0.732. The van der Waals surface area contributed by atoms with E-state index in [2.05, 4.69) is 4.72 Å². The van der Waals surface area contributed by atoms with E-state index < -0.39 is 16.1 Å². The van der Waals surface area contributed by atoms with Gasteiger partial charge in [-0.25, -0.2) is 13.1 Å². The smallest absolute Gasteiger partial charge is 0.240 e. The van der Waals surface area contributed by atoms with Crippen LogP contribution in [-0.4, -0.2) is 20.1 Å². The molecule has 0 radical (unpaired) electrons. The number of anilines is 1. The minimum atomic E-state index is -3.68. The van der Waals surface area contributed by atoms with Crippen molar-refractivity contribution in [3.63, 3.8) is 0 Å². The fourth-order valence-corrected chi connectivity index (χ4v) is 2.89. The molecule has 4 N–H and O–H groups in total. The van der Waals surface area contributed by atoms with Crippen LogP contribution in [0, 0.1) is 0 Å². The van der Waals surface area contributed by atoms with Gasteiger partial charge < -0.3 is 10.8 Å². The van der Waals surface area contributed by atoms with Gasteiger partial charge >= 0.3 is 0 Å². The highest BCUT2D eigenvalue weighted by Crippen LogP contribution is 2.16. The van der Waals surface area contributed by atoms with Crippen LogP contribution in [0.15, 0.2) is 53.4 Å². The second kappa shape index (κ2) is 6.44. The first-order chi connectivity index (χ1) is 9.88. The molecule has 0 aromatic heterocycles. The summed E-state index contributed by atoms with van der Waals surface area (Å²) in [6.45, 7) is -0.130. The lowest BCUT2D eigenvalue weighted by molar-refractivity contribution is 0.182. The molecular weight excluding hydrogens is 312 g/mol. The predicted molar refractivity (Wildman–Crippen MR) is 82.5 cm³/mol. The van der Waals surface area contributed by atoms with Crippen LogP contribution in [0.2, 0.25) is 5.02 Å². The highest BCUT2D eigenvalue weighted by Gasteiger charge is 2.16. The van der Waals surface area contributed by atoms with Crippen LogP contribution in [0.5, 0.6) is 0 Å². The van der Waals surface area contributed by atoms with Crippen LogP contribution in [0.1, 0.15) is 11.7 Å². The minimum Gasteiger partial charge on any atom is -0.399 e. The van der Waals surface area contributed by atoms with Crippen molar-refractivity contribution in [2.45, 2.75) is 11.0 Å². The second-order valence-corrected chi connectivity index (χ2v) is 6.69. The Morgan fingerprint density at radius 1 is 1.10 bits per heavy atom. The Kier molecular flexibility index (Phi) is 4.84. The third-order valence-corrected chi connectivity index (χ3v) is 4.60. The van der Waals surface area contributed by atoms with Gasteiger partial charge in [0.2, 0.25) is 10.0 Å². The van der Waals surface area contributed by atoms with Gasteiger partial charge in [-0.1, -0.05) is 23.7 Å². The molecule has 0 aliphatic heterocycles. The number of aliphatic hydroxyl groups excluding tert-OH is 1. The number of halogens is 1. The molecule has 0 fully saturated rings. The summed E-state index contributed by atoms with van der Waals surface area (Å²) in [5.41, 5.74) is 6.72. The molecule has 2 rings (SSSR count). The Hall–Kier alpha value is -1.60. The molecule has 5 nitrogen and oxygen atoms in total. The molecule has 0 saturated carbocycles. The molecule has 2 aromatic carbocycles. The Morgan fingerprint density at radius 3 is 2.24 bits per heavy atom. The zero-order valence-corrected chi connectivity index (χ0v) is 12.6. The van der Waals surface area contributed by atoms with Gasteiger partial charge in [-0.15, -0.1) is 0 Å². The molecule has 0 bridgehead atoms. The first kappa shape index (κ1) is 15.8. The van der Waals surface area contributed by atoms with E-state index in [0.717, 1.165) is 0 Å². The predicted octanol–water partition coefficient (Wildman–Crippen LogP) is 1.93. The standard InChI is InChI=1S/C14H15ClN2O3S/c15-11-3-7-13(8-4-11)21(19,20)17-9-14(18)10-1-5-12(16)6-2-10/h1-8,14,17-18H,9,16H2. The highest BCUT2D eigenvalue weighted by molar-refractivity contribution is 7.89. The highest BCUT2D eigenvalue weighted by atomic mass is 35.5. The van der Waals surface area contributed by atoms with Crippen LogP contribution >= 0.6 is 11.6 Å². The van der Waals surface area contributed by atoms with Crippen LogP contribution in [-0.2, 0) is 10.0 Å². The van der Waals surface area contributed by atoms with Gasteiger partial charge in [0.25, 0.3) is 0 Å². The van der Waals surface area contributed by atoms with E-state index in [1.54, 1.807) is 24.3 Å². The van der Waals surface area contributed by atoms with Gasteiger partial charge in [0.05, 0.1) is 11.0 Å². The minimum absolute atomic E-state index is 0.0939. The molecule has 0 saturated heterocycles. The summed E-state index contributed by atoms with van der Waals surface area (Å²) in [5.74, 6) is 0. The van der Waals surface area contributed by atoms with Crippen molar-refractivity contribution in [3.8, 4) is 0 Å². The van der Waals surface area contributed by atoms with Crippen LogP contribution in [0.25, 0.3) is 0 Å². The van der Waals surface area contributed by atoms with Crippen LogP contribution < -0.4 is 10.5 Å². The Morgan fingerprint density at radius 2 is 1.67 bits per heavy atom. The van der Waals surface area contributed by atoms with Gasteiger partial charge in [-0.05, 0) is 42.0 Å². The number of rotatable bonds is 5. The van der Waals surface area contributed by atoms with Crippen molar-refractivity contribution in [1.29, 1.82) is 0 Å². The number of hydrogen-bond donors (Lipinski definition) is 3. The largest absolute Gasteiger partial charge is 0.399 e. The molecule has 0 aliphatic carbocycles. The van der Waals surface area contributed by atoms with E-state index in [9.17, 15) is 13.5 Å². The average molecular weight is 327 g/mol. The summed E-state index contributed by atoms with van der Waals surface area (Å²) in [5, 5.41) is 10.4. The van der Waals surface area contributed by atoms with Crippen molar-refractivity contribution >= 4 is 27.3 Å². The molecule has 0 heterocycles. The number of hydrogen-bond acceptors (Lipinski definition) is 4. The Labute approximate surface area is 128 Å². The second-order valence-electron chi connectivity index (χ2n) is 4.49. The van der Waals surface area contributed by atoms with E-state index >= 15 is 0 Å². The van der Waals surface area contributed by atoms with Gasteiger partial charge in [0, 0.05) is 17.3 Å². The lowest BCUT2D eigenvalue weighted by Crippen LogP contribution is -2.28. The number of nitrogens with two attached hydrogens (primary N) is 1. The molecule has 2 aromatic rings. The van der Waals surface area contributed by atoms with Crippen molar-refractivity contribution in [2.24, 2.45) is 0 Å². The fourth-order valence-electron chi connectivity index (χ4n) is 1.72. The lowest BCUT2D eigenvalue weighted by atomic mass is 10.1. The topological polar surface area (TPSA) is 92.4 Å². The maximum atomic E-state index is 12.0. The first-order valence-electron chi connectivity index (χ1n) is 6.17. The molecule has 1 unspecified atom stereocenters. The molecular formula is C14H15ClN2O3S. The number of benzene rings is 2. The lowest BCUT2D eigenvalue weighted by Gasteiger charge is -2.13. The molecule has 112 valence electrons. The van der Waals surface area contributed by atoms with Crippen molar-refractivity contribution < 1.29 is 13.5 Å². The average Bonchev–Trinajstić information content (AvgIpc) is 2.46. The molecule has 0 spiro atoms. The first-order valence-corrected chi connectivity index (χ1v) is 8.03. The number of sulfonamides is 1. The van der Waals surface area contributed by atoms with E-state index in [0.29, 0.717) is 16.3 Å². The zero-order valence-electron chi connectivity index (χ0n) is 11.0.